The zero-order chi connectivity index (χ0) is 19.0. The van der Waals surface area contributed by atoms with E-state index < -0.39 is 0 Å². The maximum absolute atomic E-state index is 12.8. The van der Waals surface area contributed by atoms with E-state index in [1.807, 2.05) is 29.2 Å². The molecule has 1 heterocycles. The summed E-state index contributed by atoms with van der Waals surface area (Å²) in [5.41, 5.74) is 4.87. The molecule has 0 unspecified atom stereocenters. The maximum atomic E-state index is 12.8. The summed E-state index contributed by atoms with van der Waals surface area (Å²) in [5, 5.41) is 4.00. The van der Waals surface area contributed by atoms with Crippen LogP contribution < -0.4 is 10.2 Å². The van der Waals surface area contributed by atoms with Gasteiger partial charge < -0.3 is 15.1 Å². The molecule has 0 atom stereocenters. The molecule has 2 aromatic rings. The van der Waals surface area contributed by atoms with Gasteiger partial charge in [0.2, 0.25) is 0 Å². The SMILES string of the molecule is Cc1cccc(N2CCN(C(=O)NC3(c4ccc(Cl)cc4)CC3)CC2)c1C. The molecule has 0 bridgehead atoms. The summed E-state index contributed by atoms with van der Waals surface area (Å²) in [5.74, 6) is 0. The first-order valence-electron chi connectivity index (χ1n) is 9.63. The van der Waals surface area contributed by atoms with Gasteiger partial charge in [-0.25, -0.2) is 4.79 Å². The lowest BCUT2D eigenvalue weighted by atomic mass is 10.1. The summed E-state index contributed by atoms with van der Waals surface area (Å²) in [6.07, 6.45) is 1.98. The zero-order valence-electron chi connectivity index (χ0n) is 16.0. The average molecular weight is 384 g/mol. The number of aryl methyl sites for hydroxylation is 1. The predicted octanol–water partition coefficient (Wildman–Crippen LogP) is 4.48. The number of carbonyl (C=O) groups is 1. The highest BCUT2D eigenvalue weighted by molar-refractivity contribution is 6.30. The number of nitrogens with zero attached hydrogens (tertiary/aromatic N) is 2. The Kier molecular flexibility index (Phi) is 4.77. The predicted molar refractivity (Wildman–Crippen MR) is 111 cm³/mol. The molecule has 1 saturated carbocycles. The fourth-order valence-electron chi connectivity index (χ4n) is 3.89. The minimum absolute atomic E-state index is 0.0445. The molecule has 27 heavy (non-hydrogen) atoms. The number of amides is 2. The Morgan fingerprint density at radius 1 is 1.00 bits per heavy atom. The number of piperazine rings is 1. The van der Waals surface area contributed by atoms with E-state index in [9.17, 15) is 4.79 Å². The van der Waals surface area contributed by atoms with Gasteiger partial charge in [-0.2, -0.15) is 0 Å². The first kappa shape index (κ1) is 18.2. The van der Waals surface area contributed by atoms with Crippen LogP contribution in [-0.2, 0) is 5.54 Å². The van der Waals surface area contributed by atoms with Gasteiger partial charge in [0, 0.05) is 36.9 Å². The monoisotopic (exact) mass is 383 g/mol. The van der Waals surface area contributed by atoms with Crippen LogP contribution in [0, 0.1) is 13.8 Å². The molecule has 0 aromatic heterocycles. The van der Waals surface area contributed by atoms with Gasteiger partial charge in [-0.15, -0.1) is 0 Å². The van der Waals surface area contributed by atoms with Crippen LogP contribution in [0.3, 0.4) is 0 Å². The van der Waals surface area contributed by atoms with Crippen LogP contribution in [0.1, 0.15) is 29.5 Å². The Balaban J connectivity index is 1.38. The van der Waals surface area contributed by atoms with Gasteiger partial charge >= 0.3 is 6.03 Å². The Hall–Kier alpha value is -2.20. The first-order valence-corrected chi connectivity index (χ1v) is 10.0. The molecule has 5 heteroatoms. The number of hydrogen-bond donors (Lipinski definition) is 1. The molecule has 0 spiro atoms. The molecule has 2 amide bonds. The van der Waals surface area contributed by atoms with Gasteiger partial charge in [0.1, 0.15) is 0 Å². The maximum Gasteiger partial charge on any atom is 0.318 e. The number of benzene rings is 2. The number of hydrogen-bond acceptors (Lipinski definition) is 2. The summed E-state index contributed by atoms with van der Waals surface area (Å²) in [6, 6.07) is 14.3. The van der Waals surface area contributed by atoms with E-state index in [1.54, 1.807) is 0 Å². The molecule has 0 radical (unpaired) electrons. The lowest BCUT2D eigenvalue weighted by molar-refractivity contribution is 0.189. The molecule has 1 N–H and O–H groups in total. The number of carbonyl (C=O) groups excluding carboxylic acids is 1. The minimum atomic E-state index is -0.202. The van der Waals surface area contributed by atoms with Crippen molar-refractivity contribution in [2.45, 2.75) is 32.2 Å². The summed E-state index contributed by atoms with van der Waals surface area (Å²) in [7, 11) is 0. The fraction of sp³-hybridized carbons (Fsp3) is 0.409. The first-order chi connectivity index (χ1) is 13.0. The summed E-state index contributed by atoms with van der Waals surface area (Å²) >= 11 is 5.99. The number of anilines is 1. The van der Waals surface area contributed by atoms with Crippen LogP contribution in [-0.4, -0.2) is 37.1 Å². The lowest BCUT2D eigenvalue weighted by Crippen LogP contribution is -2.53. The number of urea groups is 1. The quantitative estimate of drug-likeness (QED) is 0.848. The van der Waals surface area contributed by atoms with E-state index in [0.717, 1.165) is 49.6 Å². The van der Waals surface area contributed by atoms with Crippen molar-refractivity contribution in [3.05, 3.63) is 64.2 Å². The molecular weight excluding hydrogens is 358 g/mol. The third kappa shape index (κ3) is 3.63. The highest BCUT2D eigenvalue weighted by Gasteiger charge is 2.46. The van der Waals surface area contributed by atoms with Crippen LogP contribution >= 0.6 is 11.6 Å². The van der Waals surface area contributed by atoms with E-state index in [-0.39, 0.29) is 11.6 Å². The van der Waals surface area contributed by atoms with Gasteiger partial charge in [0.15, 0.2) is 0 Å². The third-order valence-electron chi connectivity index (χ3n) is 5.98. The molecular formula is C22H26ClN3O. The van der Waals surface area contributed by atoms with Crippen molar-refractivity contribution in [1.29, 1.82) is 0 Å². The third-order valence-corrected chi connectivity index (χ3v) is 6.23. The molecule has 2 aliphatic rings. The second-order valence-corrected chi connectivity index (χ2v) is 8.15. The topological polar surface area (TPSA) is 35.6 Å². The number of rotatable bonds is 3. The second kappa shape index (κ2) is 7.08. The molecule has 1 saturated heterocycles. The van der Waals surface area contributed by atoms with Crippen molar-refractivity contribution in [2.75, 3.05) is 31.1 Å². The highest BCUT2D eigenvalue weighted by atomic mass is 35.5. The molecule has 142 valence electrons. The smallest absolute Gasteiger partial charge is 0.318 e. The van der Waals surface area contributed by atoms with Crippen LogP contribution in [0.2, 0.25) is 5.02 Å². The Morgan fingerprint density at radius 3 is 2.30 bits per heavy atom. The van der Waals surface area contributed by atoms with Crippen molar-refractivity contribution >= 4 is 23.3 Å². The molecule has 1 aliphatic carbocycles. The van der Waals surface area contributed by atoms with Crippen molar-refractivity contribution in [2.24, 2.45) is 0 Å². The van der Waals surface area contributed by atoms with Crippen molar-refractivity contribution in [3.8, 4) is 0 Å². The fourth-order valence-corrected chi connectivity index (χ4v) is 4.02. The van der Waals surface area contributed by atoms with Gasteiger partial charge in [0.05, 0.1) is 5.54 Å². The van der Waals surface area contributed by atoms with E-state index in [1.165, 1.54) is 16.8 Å². The zero-order valence-corrected chi connectivity index (χ0v) is 16.7. The molecule has 4 rings (SSSR count). The Labute approximate surface area is 166 Å². The van der Waals surface area contributed by atoms with E-state index >= 15 is 0 Å². The van der Waals surface area contributed by atoms with Crippen LogP contribution in [0.25, 0.3) is 0 Å². The van der Waals surface area contributed by atoms with E-state index in [2.05, 4.69) is 42.3 Å². The molecule has 2 fully saturated rings. The Bertz CT molecular complexity index is 837. The van der Waals surface area contributed by atoms with Crippen molar-refractivity contribution in [1.82, 2.24) is 10.2 Å². The van der Waals surface area contributed by atoms with Gasteiger partial charge in [-0.3, -0.25) is 0 Å². The molecule has 2 aromatic carbocycles. The van der Waals surface area contributed by atoms with Gasteiger partial charge in [-0.05, 0) is 61.6 Å². The normalized spacial score (nSPS) is 18.3. The second-order valence-electron chi connectivity index (χ2n) is 7.71. The van der Waals surface area contributed by atoms with Crippen molar-refractivity contribution < 1.29 is 4.79 Å². The highest BCUT2D eigenvalue weighted by Crippen LogP contribution is 2.45. The lowest BCUT2D eigenvalue weighted by Gasteiger charge is -2.37. The van der Waals surface area contributed by atoms with Crippen LogP contribution in [0.5, 0.6) is 0 Å². The molecule has 4 nitrogen and oxygen atoms in total. The summed E-state index contributed by atoms with van der Waals surface area (Å²) in [4.78, 5) is 17.2. The Morgan fingerprint density at radius 2 is 1.67 bits per heavy atom. The van der Waals surface area contributed by atoms with Crippen LogP contribution in [0.15, 0.2) is 42.5 Å². The number of nitrogens with one attached hydrogen (secondary N) is 1. The standard InChI is InChI=1S/C22H26ClN3O/c1-16-4-3-5-20(17(16)2)25-12-14-26(15-13-25)21(27)24-22(10-11-22)18-6-8-19(23)9-7-18/h3-9H,10-15H2,1-2H3,(H,24,27). The van der Waals surface area contributed by atoms with E-state index in [0.29, 0.717) is 0 Å². The summed E-state index contributed by atoms with van der Waals surface area (Å²) in [6.45, 7) is 7.55. The van der Waals surface area contributed by atoms with Crippen LogP contribution in [0.4, 0.5) is 10.5 Å². The average Bonchev–Trinajstić information content (AvgIpc) is 3.45. The number of halogens is 1. The molecule has 1 aliphatic heterocycles. The van der Waals surface area contributed by atoms with E-state index in [4.69, 9.17) is 11.6 Å². The van der Waals surface area contributed by atoms with Crippen molar-refractivity contribution in [3.63, 3.8) is 0 Å². The van der Waals surface area contributed by atoms with Gasteiger partial charge in [0.25, 0.3) is 0 Å². The minimum Gasteiger partial charge on any atom is -0.368 e. The summed E-state index contributed by atoms with van der Waals surface area (Å²) < 4.78 is 0. The van der Waals surface area contributed by atoms with Gasteiger partial charge in [-0.1, -0.05) is 35.9 Å². The largest absolute Gasteiger partial charge is 0.368 e.